The Labute approximate surface area is 171 Å². The average Bonchev–Trinajstić information content (AvgIpc) is 2.71. The second-order valence-corrected chi connectivity index (χ2v) is 7.77. The second kappa shape index (κ2) is 8.97. The number of methoxy groups -OCH3 is 3. The molecule has 12 heteroatoms. The van der Waals surface area contributed by atoms with Crippen LogP contribution in [0.25, 0.3) is 0 Å². The Bertz CT molecular complexity index is 1040. The van der Waals surface area contributed by atoms with Crippen molar-refractivity contribution in [1.82, 2.24) is 0 Å². The highest BCUT2D eigenvalue weighted by Crippen LogP contribution is 2.36. The van der Waals surface area contributed by atoms with Crippen LogP contribution in [0.3, 0.4) is 0 Å². The van der Waals surface area contributed by atoms with E-state index in [4.69, 9.17) is 21.1 Å². The smallest absolute Gasteiger partial charge is 0.326 e. The fraction of sp³-hybridized carbons (Fsp3) is 0.235. The van der Waals surface area contributed by atoms with E-state index >= 15 is 0 Å². The lowest BCUT2D eigenvalue weighted by molar-refractivity contribution is -0.384. The number of nitro groups is 1. The number of sulfonamides is 1. The van der Waals surface area contributed by atoms with Crippen LogP contribution in [0.5, 0.6) is 11.5 Å². The van der Waals surface area contributed by atoms with Gasteiger partial charge in [0.25, 0.3) is 15.7 Å². The van der Waals surface area contributed by atoms with Gasteiger partial charge >= 0.3 is 5.97 Å². The maximum absolute atomic E-state index is 13.3. The van der Waals surface area contributed by atoms with E-state index in [0.29, 0.717) is 10.1 Å². The van der Waals surface area contributed by atoms with Gasteiger partial charge < -0.3 is 14.2 Å². The number of ether oxygens (including phenoxy) is 3. The molecule has 2 aromatic carbocycles. The highest BCUT2D eigenvalue weighted by molar-refractivity contribution is 7.92. The number of carbonyl (C=O) groups is 1. The van der Waals surface area contributed by atoms with Crippen molar-refractivity contribution in [1.29, 1.82) is 0 Å². The standard InChI is InChI=1S/C17H17ClN2O8S/c1-26-15-7-5-12(9-16(15)27-2)29(24,25)19(10-17(21)28-3)14-8-11(20(22)23)4-6-13(14)18/h4-9H,10H2,1-3H3. The Balaban J connectivity index is 2.68. The number of hydrogen-bond donors (Lipinski definition) is 0. The van der Waals surface area contributed by atoms with Gasteiger partial charge in [0.1, 0.15) is 6.54 Å². The molecule has 0 saturated heterocycles. The van der Waals surface area contributed by atoms with Crippen LogP contribution >= 0.6 is 11.6 Å². The van der Waals surface area contributed by atoms with Gasteiger partial charge in [0, 0.05) is 18.2 Å². The number of carbonyl (C=O) groups excluding carboxylic acids is 1. The summed E-state index contributed by atoms with van der Waals surface area (Å²) in [5, 5.41) is 11.0. The Kier molecular flexibility index (Phi) is 6.88. The number of anilines is 1. The van der Waals surface area contributed by atoms with Crippen LogP contribution in [0.4, 0.5) is 11.4 Å². The van der Waals surface area contributed by atoms with Crippen molar-refractivity contribution in [2.75, 3.05) is 32.2 Å². The minimum absolute atomic E-state index is 0.108. The van der Waals surface area contributed by atoms with Gasteiger partial charge in [-0.3, -0.25) is 19.2 Å². The molecular formula is C17H17ClN2O8S. The lowest BCUT2D eigenvalue weighted by atomic mass is 10.3. The van der Waals surface area contributed by atoms with Crippen LogP contribution in [-0.2, 0) is 19.6 Å². The minimum atomic E-state index is -4.39. The average molecular weight is 445 g/mol. The molecule has 10 nitrogen and oxygen atoms in total. The Morgan fingerprint density at radius 1 is 1.10 bits per heavy atom. The Hall–Kier alpha value is -3.05. The van der Waals surface area contributed by atoms with Crippen LogP contribution in [-0.4, -0.2) is 47.2 Å². The third-order valence-corrected chi connectivity index (χ3v) is 5.93. The van der Waals surface area contributed by atoms with Crippen molar-refractivity contribution < 1.29 is 32.3 Å². The zero-order chi connectivity index (χ0) is 21.8. The molecule has 0 saturated carbocycles. The molecule has 0 atom stereocenters. The predicted molar refractivity (Wildman–Crippen MR) is 104 cm³/mol. The lowest BCUT2D eigenvalue weighted by Gasteiger charge is -2.24. The Morgan fingerprint density at radius 3 is 2.31 bits per heavy atom. The summed E-state index contributed by atoms with van der Waals surface area (Å²) in [5.41, 5.74) is -0.650. The first-order valence-electron chi connectivity index (χ1n) is 7.91. The number of non-ortho nitro benzene ring substituents is 1. The molecule has 156 valence electrons. The molecule has 0 amide bonds. The van der Waals surface area contributed by atoms with Crippen molar-refractivity contribution in [3.05, 3.63) is 51.5 Å². The summed E-state index contributed by atoms with van der Waals surface area (Å²) in [5.74, 6) is -0.465. The van der Waals surface area contributed by atoms with E-state index in [0.717, 1.165) is 19.2 Å². The van der Waals surface area contributed by atoms with Gasteiger partial charge in [0.05, 0.1) is 41.9 Å². The van der Waals surface area contributed by atoms with Crippen molar-refractivity contribution in [2.24, 2.45) is 0 Å². The van der Waals surface area contributed by atoms with Crippen LogP contribution in [0, 0.1) is 10.1 Å². The third kappa shape index (κ3) is 4.69. The predicted octanol–water partition coefficient (Wildman–Crippen LogP) is 2.63. The maximum atomic E-state index is 13.3. The zero-order valence-electron chi connectivity index (χ0n) is 15.6. The minimum Gasteiger partial charge on any atom is -0.493 e. The molecule has 0 unspecified atom stereocenters. The quantitative estimate of drug-likeness (QED) is 0.345. The van der Waals surface area contributed by atoms with Gasteiger partial charge in [-0.1, -0.05) is 11.6 Å². The van der Waals surface area contributed by atoms with Crippen LogP contribution < -0.4 is 13.8 Å². The number of halogens is 1. The summed E-state index contributed by atoms with van der Waals surface area (Å²) in [4.78, 5) is 22.0. The van der Waals surface area contributed by atoms with E-state index in [-0.39, 0.29) is 21.4 Å². The molecular weight excluding hydrogens is 428 g/mol. The third-order valence-electron chi connectivity index (χ3n) is 3.85. The van der Waals surface area contributed by atoms with Gasteiger partial charge in [0.2, 0.25) is 0 Å². The molecule has 0 radical (unpaired) electrons. The largest absolute Gasteiger partial charge is 0.493 e. The topological polar surface area (TPSA) is 125 Å². The van der Waals surface area contributed by atoms with E-state index in [9.17, 15) is 23.3 Å². The van der Waals surface area contributed by atoms with Gasteiger partial charge in [-0.2, -0.15) is 0 Å². The van der Waals surface area contributed by atoms with Crippen molar-refractivity contribution in [2.45, 2.75) is 4.90 Å². The number of benzene rings is 2. The number of esters is 1. The summed E-state index contributed by atoms with van der Waals surface area (Å²) in [6.07, 6.45) is 0. The van der Waals surface area contributed by atoms with E-state index in [2.05, 4.69) is 4.74 Å². The van der Waals surface area contributed by atoms with Gasteiger partial charge in [-0.25, -0.2) is 8.42 Å². The molecule has 0 aliphatic rings. The molecule has 0 bridgehead atoms. The summed E-state index contributed by atoms with van der Waals surface area (Å²) in [6, 6.07) is 7.06. The molecule has 2 rings (SSSR count). The fourth-order valence-corrected chi connectivity index (χ4v) is 4.10. The molecule has 0 spiro atoms. The fourth-order valence-electron chi connectivity index (χ4n) is 2.39. The summed E-state index contributed by atoms with van der Waals surface area (Å²) >= 11 is 6.10. The first-order valence-corrected chi connectivity index (χ1v) is 9.73. The number of hydrogen-bond acceptors (Lipinski definition) is 8. The van der Waals surface area contributed by atoms with Crippen LogP contribution in [0.15, 0.2) is 41.3 Å². The highest BCUT2D eigenvalue weighted by atomic mass is 35.5. The van der Waals surface area contributed by atoms with Gasteiger partial charge in [0.15, 0.2) is 11.5 Å². The number of nitrogens with zero attached hydrogens (tertiary/aromatic N) is 2. The Morgan fingerprint density at radius 2 is 1.76 bits per heavy atom. The number of rotatable bonds is 8. The van der Waals surface area contributed by atoms with Crippen molar-refractivity contribution >= 4 is 39.0 Å². The highest BCUT2D eigenvalue weighted by Gasteiger charge is 2.31. The molecule has 2 aromatic rings. The molecule has 0 N–H and O–H groups in total. The van der Waals surface area contributed by atoms with Crippen molar-refractivity contribution in [3.8, 4) is 11.5 Å². The zero-order valence-corrected chi connectivity index (χ0v) is 17.2. The molecule has 0 aliphatic carbocycles. The van der Waals surface area contributed by atoms with E-state index in [1.54, 1.807) is 0 Å². The van der Waals surface area contributed by atoms with E-state index < -0.39 is 33.1 Å². The van der Waals surface area contributed by atoms with Crippen molar-refractivity contribution in [3.63, 3.8) is 0 Å². The molecule has 29 heavy (non-hydrogen) atoms. The first-order chi connectivity index (χ1) is 13.6. The normalized spacial score (nSPS) is 10.9. The summed E-state index contributed by atoms with van der Waals surface area (Å²) in [6.45, 7) is -0.756. The maximum Gasteiger partial charge on any atom is 0.326 e. The molecule has 0 fully saturated rings. The second-order valence-electron chi connectivity index (χ2n) is 5.50. The van der Waals surface area contributed by atoms with Gasteiger partial charge in [-0.15, -0.1) is 0 Å². The van der Waals surface area contributed by atoms with E-state index in [1.807, 2.05) is 0 Å². The monoisotopic (exact) mass is 444 g/mol. The van der Waals surface area contributed by atoms with Gasteiger partial charge in [-0.05, 0) is 18.2 Å². The van der Waals surface area contributed by atoms with Crippen LogP contribution in [0.1, 0.15) is 0 Å². The summed E-state index contributed by atoms with van der Waals surface area (Å²) in [7, 11) is -0.591. The molecule has 0 aliphatic heterocycles. The lowest BCUT2D eigenvalue weighted by Crippen LogP contribution is -2.36. The first kappa shape index (κ1) is 22.2. The van der Waals surface area contributed by atoms with Crippen LogP contribution in [0.2, 0.25) is 5.02 Å². The molecule has 0 heterocycles. The number of nitro benzene ring substituents is 1. The SMILES string of the molecule is COC(=O)CN(c1cc([N+](=O)[O-])ccc1Cl)S(=O)(=O)c1ccc(OC)c(OC)c1. The molecule has 0 aromatic heterocycles. The summed E-state index contributed by atoms with van der Waals surface area (Å²) < 4.78 is 42.0. The van der Waals surface area contributed by atoms with E-state index in [1.165, 1.54) is 38.5 Å².